The number of ether oxygens (including phenoxy) is 1. The summed E-state index contributed by atoms with van der Waals surface area (Å²) in [5, 5.41) is 3.43. The molecule has 0 atom stereocenters. The lowest BCUT2D eigenvalue weighted by Gasteiger charge is -2.19. The first-order chi connectivity index (χ1) is 9.38. The van der Waals surface area contributed by atoms with E-state index in [4.69, 9.17) is 4.74 Å². The van der Waals surface area contributed by atoms with E-state index in [1.165, 1.54) is 25.1 Å². The number of nitrogens with one attached hydrogen (secondary N) is 1. The molecule has 1 aromatic carbocycles. The second-order valence-corrected chi connectivity index (χ2v) is 5.14. The summed E-state index contributed by atoms with van der Waals surface area (Å²) in [6.45, 7) is 8.82. The second-order valence-electron chi connectivity index (χ2n) is 5.14. The first-order valence-corrected chi connectivity index (χ1v) is 7.53. The van der Waals surface area contributed by atoms with Gasteiger partial charge in [-0.25, -0.2) is 0 Å². The maximum absolute atomic E-state index is 5.79. The molecular weight excluding hydrogens is 236 g/mol. The van der Waals surface area contributed by atoms with Crippen molar-refractivity contribution in [2.24, 2.45) is 0 Å². The zero-order valence-electron chi connectivity index (χ0n) is 12.0. The van der Waals surface area contributed by atoms with Gasteiger partial charge in [0.25, 0.3) is 0 Å². The highest BCUT2D eigenvalue weighted by molar-refractivity contribution is 5.27. The minimum atomic E-state index is 0.815. The molecule has 3 nitrogen and oxygen atoms in total. The minimum Gasteiger partial charge on any atom is -0.494 e. The normalized spacial score (nSPS) is 17.1. The summed E-state index contributed by atoms with van der Waals surface area (Å²) in [7, 11) is 0. The highest BCUT2D eigenvalue weighted by Crippen LogP contribution is 2.12. The molecule has 19 heavy (non-hydrogen) atoms. The Morgan fingerprint density at radius 1 is 1.16 bits per heavy atom. The molecule has 1 fully saturated rings. The molecule has 1 aromatic rings. The number of aryl methyl sites for hydroxylation is 1. The van der Waals surface area contributed by atoms with Crippen LogP contribution in [0.5, 0.6) is 5.75 Å². The summed E-state index contributed by atoms with van der Waals surface area (Å²) in [4.78, 5) is 2.53. The topological polar surface area (TPSA) is 24.5 Å². The molecule has 1 heterocycles. The fourth-order valence-electron chi connectivity index (χ4n) is 2.42. The molecule has 0 aliphatic carbocycles. The molecule has 1 aliphatic rings. The highest BCUT2D eigenvalue weighted by atomic mass is 16.5. The van der Waals surface area contributed by atoms with Crippen molar-refractivity contribution in [3.05, 3.63) is 29.8 Å². The zero-order chi connectivity index (χ0) is 13.3. The number of nitrogens with zero attached hydrogens (tertiary/aromatic N) is 1. The van der Waals surface area contributed by atoms with Gasteiger partial charge in [0.05, 0.1) is 6.61 Å². The predicted octanol–water partition coefficient (Wildman–Crippen LogP) is 2.31. The maximum atomic E-state index is 5.79. The molecule has 3 heteroatoms. The van der Waals surface area contributed by atoms with Crippen LogP contribution in [0.1, 0.15) is 25.3 Å². The van der Waals surface area contributed by atoms with Crippen LogP contribution >= 0.6 is 0 Å². The van der Waals surface area contributed by atoms with E-state index in [0.717, 1.165) is 44.8 Å². The predicted molar refractivity (Wildman–Crippen MR) is 79.9 cm³/mol. The van der Waals surface area contributed by atoms with Gasteiger partial charge in [0.1, 0.15) is 5.75 Å². The fourth-order valence-corrected chi connectivity index (χ4v) is 2.42. The van der Waals surface area contributed by atoms with Gasteiger partial charge in [-0.1, -0.05) is 19.1 Å². The quantitative estimate of drug-likeness (QED) is 0.796. The lowest BCUT2D eigenvalue weighted by atomic mass is 10.2. The Labute approximate surface area is 116 Å². The molecule has 0 aromatic heterocycles. The van der Waals surface area contributed by atoms with Crippen LogP contribution < -0.4 is 10.1 Å². The van der Waals surface area contributed by atoms with Crippen molar-refractivity contribution < 1.29 is 4.74 Å². The fraction of sp³-hybridized carbons (Fsp3) is 0.625. The van der Waals surface area contributed by atoms with Crippen molar-refractivity contribution in [1.29, 1.82) is 0 Å². The molecule has 1 saturated heterocycles. The molecule has 0 saturated carbocycles. The standard InChI is InChI=1S/C16H26N2O/c1-2-15-5-7-16(8-6-15)19-14-4-12-18-11-3-9-17-10-13-18/h5-8,17H,2-4,9-14H2,1H3. The lowest BCUT2D eigenvalue weighted by Crippen LogP contribution is -2.29. The van der Waals surface area contributed by atoms with Crippen molar-refractivity contribution in [2.75, 3.05) is 39.3 Å². The van der Waals surface area contributed by atoms with E-state index in [1.54, 1.807) is 0 Å². The molecule has 0 spiro atoms. The summed E-state index contributed by atoms with van der Waals surface area (Å²) in [6.07, 6.45) is 3.46. The minimum absolute atomic E-state index is 0.815. The second kappa shape index (κ2) is 8.18. The molecule has 2 rings (SSSR count). The first-order valence-electron chi connectivity index (χ1n) is 7.53. The lowest BCUT2D eigenvalue weighted by molar-refractivity contribution is 0.244. The summed E-state index contributed by atoms with van der Waals surface area (Å²) in [5.74, 6) is 0.995. The summed E-state index contributed by atoms with van der Waals surface area (Å²) in [6, 6.07) is 8.45. The number of hydrogen-bond acceptors (Lipinski definition) is 3. The molecule has 1 N–H and O–H groups in total. The monoisotopic (exact) mass is 262 g/mol. The Kier molecular flexibility index (Phi) is 6.18. The van der Waals surface area contributed by atoms with E-state index >= 15 is 0 Å². The van der Waals surface area contributed by atoms with Crippen molar-refractivity contribution in [2.45, 2.75) is 26.2 Å². The van der Waals surface area contributed by atoms with Gasteiger partial charge in [0.2, 0.25) is 0 Å². The zero-order valence-corrected chi connectivity index (χ0v) is 12.0. The third kappa shape index (κ3) is 5.21. The van der Waals surface area contributed by atoms with Crippen molar-refractivity contribution in [3.63, 3.8) is 0 Å². The summed E-state index contributed by atoms with van der Waals surface area (Å²) < 4.78 is 5.79. The molecule has 0 bridgehead atoms. The van der Waals surface area contributed by atoms with Gasteiger partial charge in [-0.15, -0.1) is 0 Å². The average molecular weight is 262 g/mol. The van der Waals surface area contributed by atoms with E-state index in [-0.39, 0.29) is 0 Å². The van der Waals surface area contributed by atoms with E-state index in [0.29, 0.717) is 0 Å². The Balaban J connectivity index is 1.62. The number of rotatable bonds is 6. The largest absolute Gasteiger partial charge is 0.494 e. The first kappa shape index (κ1) is 14.4. The van der Waals surface area contributed by atoms with Gasteiger partial charge in [-0.05, 0) is 50.0 Å². The van der Waals surface area contributed by atoms with Gasteiger partial charge in [-0.3, -0.25) is 0 Å². The van der Waals surface area contributed by atoms with Crippen molar-refractivity contribution in [3.8, 4) is 5.75 Å². The Morgan fingerprint density at radius 3 is 2.79 bits per heavy atom. The van der Waals surface area contributed by atoms with Gasteiger partial charge in [0, 0.05) is 19.6 Å². The van der Waals surface area contributed by atoms with E-state index in [1.807, 2.05) is 0 Å². The van der Waals surface area contributed by atoms with Crippen molar-refractivity contribution >= 4 is 0 Å². The van der Waals surface area contributed by atoms with Crippen LogP contribution in [-0.4, -0.2) is 44.2 Å². The van der Waals surface area contributed by atoms with E-state index in [2.05, 4.69) is 41.4 Å². The third-order valence-electron chi connectivity index (χ3n) is 3.65. The van der Waals surface area contributed by atoms with E-state index in [9.17, 15) is 0 Å². The van der Waals surface area contributed by atoms with Crippen molar-refractivity contribution in [1.82, 2.24) is 10.2 Å². The van der Waals surface area contributed by atoms with Crippen LogP contribution in [0, 0.1) is 0 Å². The van der Waals surface area contributed by atoms with E-state index < -0.39 is 0 Å². The van der Waals surface area contributed by atoms with Gasteiger partial charge < -0.3 is 15.0 Å². The van der Waals surface area contributed by atoms with Gasteiger partial charge in [0.15, 0.2) is 0 Å². The number of benzene rings is 1. The molecule has 0 unspecified atom stereocenters. The SMILES string of the molecule is CCc1ccc(OCCCN2CCCNCC2)cc1. The Hall–Kier alpha value is -1.06. The van der Waals surface area contributed by atoms with Crippen LogP contribution in [0.25, 0.3) is 0 Å². The number of hydrogen-bond donors (Lipinski definition) is 1. The highest BCUT2D eigenvalue weighted by Gasteiger charge is 2.07. The maximum Gasteiger partial charge on any atom is 0.119 e. The van der Waals surface area contributed by atoms with Crippen LogP contribution in [0.2, 0.25) is 0 Å². The summed E-state index contributed by atoms with van der Waals surface area (Å²) >= 11 is 0. The molecule has 0 radical (unpaired) electrons. The van der Waals surface area contributed by atoms with Crippen LogP contribution in [0.4, 0.5) is 0 Å². The molecule has 106 valence electrons. The summed E-state index contributed by atoms with van der Waals surface area (Å²) in [5.41, 5.74) is 1.37. The van der Waals surface area contributed by atoms with Crippen LogP contribution in [0.15, 0.2) is 24.3 Å². The Morgan fingerprint density at radius 2 is 2.00 bits per heavy atom. The van der Waals surface area contributed by atoms with Crippen LogP contribution in [-0.2, 0) is 6.42 Å². The smallest absolute Gasteiger partial charge is 0.119 e. The average Bonchev–Trinajstić information content (AvgIpc) is 2.73. The van der Waals surface area contributed by atoms with Gasteiger partial charge >= 0.3 is 0 Å². The van der Waals surface area contributed by atoms with Crippen LogP contribution in [0.3, 0.4) is 0 Å². The third-order valence-corrected chi connectivity index (χ3v) is 3.65. The molecular formula is C16H26N2O. The Bertz CT molecular complexity index is 342. The van der Waals surface area contributed by atoms with Gasteiger partial charge in [-0.2, -0.15) is 0 Å². The molecule has 1 aliphatic heterocycles. The molecule has 0 amide bonds.